The Balaban J connectivity index is 1.72. The average Bonchev–Trinajstić information content (AvgIpc) is 2.75. The van der Waals surface area contributed by atoms with Crippen LogP contribution in [0.4, 0.5) is 13.2 Å². The fraction of sp³-hybridized carbons (Fsp3) is 0.538. The van der Waals surface area contributed by atoms with Crippen LogP contribution in [0.15, 0.2) is 30.3 Å². The van der Waals surface area contributed by atoms with E-state index in [4.69, 9.17) is 4.74 Å². The molecule has 3 rings (SSSR count). The highest BCUT2D eigenvalue weighted by Gasteiger charge is 2.25. The fourth-order valence-electron chi connectivity index (χ4n) is 4.37. The summed E-state index contributed by atoms with van der Waals surface area (Å²) >= 11 is 0. The van der Waals surface area contributed by atoms with Gasteiger partial charge in [0.15, 0.2) is 11.6 Å². The molecule has 1 nitrogen and oxygen atoms in total. The molecule has 2 unspecified atom stereocenters. The molecule has 2 atom stereocenters. The van der Waals surface area contributed by atoms with Crippen molar-refractivity contribution < 1.29 is 17.9 Å². The zero-order chi connectivity index (χ0) is 21.5. The molecule has 0 amide bonds. The van der Waals surface area contributed by atoms with Crippen LogP contribution in [0.25, 0.3) is 11.1 Å². The Hall–Kier alpha value is -1.81. The van der Waals surface area contributed by atoms with Crippen molar-refractivity contribution in [3.05, 3.63) is 58.9 Å². The van der Waals surface area contributed by atoms with Crippen molar-refractivity contribution in [3.8, 4) is 11.1 Å². The van der Waals surface area contributed by atoms with E-state index in [9.17, 15) is 13.2 Å². The molecule has 1 fully saturated rings. The molecule has 0 spiro atoms. The summed E-state index contributed by atoms with van der Waals surface area (Å²) in [6.45, 7) is 4.76. The van der Waals surface area contributed by atoms with Crippen molar-refractivity contribution in [2.75, 3.05) is 6.61 Å². The maximum atomic E-state index is 14.8. The Kier molecular flexibility index (Phi) is 8.38. The van der Waals surface area contributed by atoms with Crippen molar-refractivity contribution in [2.24, 2.45) is 0 Å². The largest absolute Gasteiger partial charge is 0.378 e. The first-order chi connectivity index (χ1) is 14.5. The van der Waals surface area contributed by atoms with Gasteiger partial charge in [-0.05, 0) is 54.9 Å². The normalized spacial score (nSPS) is 19.2. The second-order valence-electron chi connectivity index (χ2n) is 8.47. The maximum absolute atomic E-state index is 14.8. The van der Waals surface area contributed by atoms with E-state index in [1.165, 1.54) is 6.07 Å². The molecule has 164 valence electrons. The second kappa shape index (κ2) is 11.0. The molecule has 2 aromatic carbocycles. The molecule has 1 saturated heterocycles. The SMILES string of the molecule is CCCCCCc1ccc(-c2ccc(C3CCC(CCC)OC3)c(F)c2)c(F)c1F. The smallest absolute Gasteiger partial charge is 0.166 e. The highest BCUT2D eigenvalue weighted by molar-refractivity contribution is 5.65. The molecule has 1 heterocycles. The van der Waals surface area contributed by atoms with Gasteiger partial charge in [-0.1, -0.05) is 63.8 Å². The van der Waals surface area contributed by atoms with Crippen molar-refractivity contribution in [1.82, 2.24) is 0 Å². The standard InChI is InChI=1S/C26H33F3O/c1-3-5-6-7-9-18-11-15-23(26(29)25(18)28)19-12-14-22(24(27)16-19)20-10-13-21(8-4-2)30-17-20/h11-12,14-16,20-21H,3-10,13,17H2,1-2H3. The third-order valence-corrected chi connectivity index (χ3v) is 6.19. The Morgan fingerprint density at radius 2 is 1.73 bits per heavy atom. The Morgan fingerprint density at radius 3 is 2.40 bits per heavy atom. The Bertz CT molecular complexity index is 825. The van der Waals surface area contributed by atoms with Crippen molar-refractivity contribution in [3.63, 3.8) is 0 Å². The van der Waals surface area contributed by atoms with Crippen LogP contribution >= 0.6 is 0 Å². The van der Waals surface area contributed by atoms with E-state index in [0.717, 1.165) is 51.4 Å². The van der Waals surface area contributed by atoms with Gasteiger partial charge in [-0.3, -0.25) is 0 Å². The van der Waals surface area contributed by atoms with E-state index in [0.29, 0.717) is 29.7 Å². The summed E-state index contributed by atoms with van der Waals surface area (Å²) in [7, 11) is 0. The lowest BCUT2D eigenvalue weighted by molar-refractivity contribution is -0.00172. The Labute approximate surface area is 178 Å². The molecular formula is C26H33F3O. The van der Waals surface area contributed by atoms with E-state index >= 15 is 0 Å². The number of aryl methyl sites for hydroxylation is 1. The van der Waals surface area contributed by atoms with Crippen molar-refractivity contribution in [2.45, 2.75) is 83.7 Å². The molecule has 2 aromatic rings. The van der Waals surface area contributed by atoms with Gasteiger partial charge in [-0.2, -0.15) is 0 Å². The van der Waals surface area contributed by atoms with Gasteiger partial charge in [0.05, 0.1) is 12.7 Å². The molecule has 0 N–H and O–H groups in total. The molecule has 4 heteroatoms. The number of rotatable bonds is 9. The Morgan fingerprint density at radius 1 is 0.900 bits per heavy atom. The molecule has 0 saturated carbocycles. The first kappa shape index (κ1) is 22.9. The van der Waals surface area contributed by atoms with Crippen molar-refractivity contribution >= 4 is 0 Å². The molecule has 0 radical (unpaired) electrons. The lowest BCUT2D eigenvalue weighted by Gasteiger charge is -2.29. The number of hydrogen-bond donors (Lipinski definition) is 0. The van der Waals surface area contributed by atoms with Crippen LogP contribution in [0.2, 0.25) is 0 Å². The van der Waals surface area contributed by atoms with Gasteiger partial charge in [0.1, 0.15) is 5.82 Å². The monoisotopic (exact) mass is 418 g/mol. The first-order valence-electron chi connectivity index (χ1n) is 11.4. The minimum atomic E-state index is -0.890. The molecule has 0 bridgehead atoms. The zero-order valence-corrected chi connectivity index (χ0v) is 18.2. The fourth-order valence-corrected chi connectivity index (χ4v) is 4.37. The number of hydrogen-bond acceptors (Lipinski definition) is 1. The van der Waals surface area contributed by atoms with Crippen LogP contribution in [0.3, 0.4) is 0 Å². The molecule has 1 aliphatic rings. The molecular weight excluding hydrogens is 385 g/mol. The lowest BCUT2D eigenvalue weighted by atomic mass is 9.89. The van der Waals surface area contributed by atoms with Crippen LogP contribution in [-0.4, -0.2) is 12.7 Å². The summed E-state index contributed by atoms with van der Waals surface area (Å²) in [6.07, 6.45) is 8.78. The summed E-state index contributed by atoms with van der Waals surface area (Å²) in [5.74, 6) is -2.06. The zero-order valence-electron chi connectivity index (χ0n) is 18.2. The van der Waals surface area contributed by atoms with Gasteiger partial charge in [0.25, 0.3) is 0 Å². The highest BCUT2D eigenvalue weighted by Crippen LogP contribution is 2.34. The maximum Gasteiger partial charge on any atom is 0.166 e. The van der Waals surface area contributed by atoms with Crippen LogP contribution in [-0.2, 0) is 11.2 Å². The first-order valence-corrected chi connectivity index (χ1v) is 11.4. The second-order valence-corrected chi connectivity index (χ2v) is 8.47. The van der Waals surface area contributed by atoms with Gasteiger partial charge >= 0.3 is 0 Å². The van der Waals surface area contributed by atoms with Gasteiger partial charge in [-0.25, -0.2) is 13.2 Å². The topological polar surface area (TPSA) is 9.23 Å². The van der Waals surface area contributed by atoms with Crippen LogP contribution < -0.4 is 0 Å². The third kappa shape index (κ3) is 5.46. The van der Waals surface area contributed by atoms with E-state index in [1.54, 1.807) is 24.3 Å². The molecule has 1 aliphatic heterocycles. The van der Waals surface area contributed by atoms with Gasteiger partial charge in [0, 0.05) is 11.5 Å². The minimum Gasteiger partial charge on any atom is -0.378 e. The summed E-state index contributed by atoms with van der Waals surface area (Å²) in [5, 5.41) is 0. The number of benzene rings is 2. The van der Waals surface area contributed by atoms with Crippen molar-refractivity contribution in [1.29, 1.82) is 0 Å². The molecule has 0 aliphatic carbocycles. The van der Waals surface area contributed by atoms with Crippen LogP contribution in [0.5, 0.6) is 0 Å². The summed E-state index contributed by atoms with van der Waals surface area (Å²) in [4.78, 5) is 0. The van der Waals surface area contributed by atoms with E-state index in [1.807, 2.05) is 0 Å². The predicted octanol–water partition coefficient (Wildman–Crippen LogP) is 7.96. The van der Waals surface area contributed by atoms with Gasteiger partial charge in [0.2, 0.25) is 0 Å². The number of unbranched alkanes of at least 4 members (excludes halogenated alkanes) is 3. The van der Waals surface area contributed by atoms with E-state index < -0.39 is 11.6 Å². The quantitative estimate of drug-likeness (QED) is 0.375. The van der Waals surface area contributed by atoms with Crippen LogP contribution in [0, 0.1) is 17.5 Å². The third-order valence-electron chi connectivity index (χ3n) is 6.19. The van der Waals surface area contributed by atoms with Gasteiger partial charge in [-0.15, -0.1) is 0 Å². The lowest BCUT2D eigenvalue weighted by Crippen LogP contribution is -2.25. The molecule has 0 aromatic heterocycles. The summed E-state index contributed by atoms with van der Waals surface area (Å²) < 4.78 is 50.0. The predicted molar refractivity (Wildman–Crippen MR) is 116 cm³/mol. The minimum absolute atomic E-state index is 0.0132. The summed E-state index contributed by atoms with van der Waals surface area (Å²) in [6, 6.07) is 7.92. The van der Waals surface area contributed by atoms with Crippen LogP contribution in [0.1, 0.15) is 82.3 Å². The number of halogens is 3. The van der Waals surface area contributed by atoms with E-state index in [2.05, 4.69) is 13.8 Å². The highest BCUT2D eigenvalue weighted by atomic mass is 19.2. The average molecular weight is 419 g/mol. The number of ether oxygens (including phenoxy) is 1. The van der Waals surface area contributed by atoms with Gasteiger partial charge < -0.3 is 4.74 Å². The van der Waals surface area contributed by atoms with E-state index in [-0.39, 0.29) is 23.4 Å². The summed E-state index contributed by atoms with van der Waals surface area (Å²) in [5.41, 5.74) is 1.47. The molecule has 30 heavy (non-hydrogen) atoms.